The van der Waals surface area contributed by atoms with Gasteiger partial charge in [-0.25, -0.2) is 9.37 Å². The number of halogens is 2. The van der Waals surface area contributed by atoms with E-state index in [4.69, 9.17) is 9.47 Å². The Morgan fingerprint density at radius 3 is 2.94 bits per heavy atom. The van der Waals surface area contributed by atoms with Gasteiger partial charge in [-0.3, -0.25) is 0 Å². The highest BCUT2D eigenvalue weighted by atomic mass is 79.9. The standard InChI is InChI=1S/C11H9BrFNO2S/c1-15-9-3-2-8(13)4-7(9)6-16-11-14-5-10(12)17-11/h2-5H,6H2,1H3. The van der Waals surface area contributed by atoms with Crippen LogP contribution < -0.4 is 9.47 Å². The number of benzene rings is 1. The second-order valence-corrected chi connectivity index (χ2v) is 5.55. The van der Waals surface area contributed by atoms with Gasteiger partial charge in [0.25, 0.3) is 5.19 Å². The lowest BCUT2D eigenvalue weighted by Crippen LogP contribution is -1.99. The van der Waals surface area contributed by atoms with E-state index >= 15 is 0 Å². The summed E-state index contributed by atoms with van der Waals surface area (Å²) in [6, 6.07) is 4.32. The van der Waals surface area contributed by atoms with Gasteiger partial charge >= 0.3 is 0 Å². The molecule has 1 aromatic heterocycles. The summed E-state index contributed by atoms with van der Waals surface area (Å²) in [7, 11) is 1.54. The van der Waals surface area contributed by atoms with Crippen LogP contribution in [0.4, 0.5) is 4.39 Å². The summed E-state index contributed by atoms with van der Waals surface area (Å²) in [4.78, 5) is 4.02. The summed E-state index contributed by atoms with van der Waals surface area (Å²) in [6.45, 7) is 0.223. The molecule has 6 heteroatoms. The van der Waals surface area contributed by atoms with Crippen LogP contribution in [0, 0.1) is 5.82 Å². The van der Waals surface area contributed by atoms with E-state index in [2.05, 4.69) is 20.9 Å². The SMILES string of the molecule is COc1ccc(F)cc1COc1ncc(Br)s1. The van der Waals surface area contributed by atoms with Gasteiger partial charge in [-0.15, -0.1) is 0 Å². The molecule has 0 spiro atoms. The second-order valence-electron chi connectivity index (χ2n) is 3.18. The number of hydrogen-bond acceptors (Lipinski definition) is 4. The lowest BCUT2D eigenvalue weighted by molar-refractivity contribution is 0.294. The second kappa shape index (κ2) is 5.46. The number of thiazole rings is 1. The molecule has 90 valence electrons. The molecule has 2 rings (SSSR count). The molecule has 0 amide bonds. The Kier molecular flexibility index (Phi) is 3.96. The Labute approximate surface area is 110 Å². The molecule has 0 bridgehead atoms. The minimum Gasteiger partial charge on any atom is -0.496 e. The van der Waals surface area contributed by atoms with Crippen molar-refractivity contribution in [3.05, 3.63) is 39.6 Å². The zero-order valence-corrected chi connectivity index (χ0v) is 11.3. The monoisotopic (exact) mass is 317 g/mol. The van der Waals surface area contributed by atoms with Gasteiger partial charge in [-0.05, 0) is 34.1 Å². The summed E-state index contributed by atoms with van der Waals surface area (Å²) in [5, 5.41) is 0.531. The number of methoxy groups -OCH3 is 1. The van der Waals surface area contributed by atoms with Gasteiger partial charge in [-0.2, -0.15) is 0 Å². The maximum atomic E-state index is 13.1. The lowest BCUT2D eigenvalue weighted by atomic mass is 10.2. The fourth-order valence-electron chi connectivity index (χ4n) is 1.31. The maximum Gasteiger partial charge on any atom is 0.274 e. The van der Waals surface area contributed by atoms with Gasteiger partial charge < -0.3 is 9.47 Å². The Morgan fingerprint density at radius 2 is 2.29 bits per heavy atom. The molecule has 0 fully saturated rings. The van der Waals surface area contributed by atoms with E-state index in [0.717, 1.165) is 3.79 Å². The van der Waals surface area contributed by atoms with Crippen molar-refractivity contribution in [2.45, 2.75) is 6.61 Å². The van der Waals surface area contributed by atoms with Gasteiger partial charge in [0.05, 0.1) is 17.1 Å². The average molecular weight is 318 g/mol. The molecule has 0 aliphatic carbocycles. The highest BCUT2D eigenvalue weighted by Crippen LogP contribution is 2.27. The normalized spacial score (nSPS) is 10.3. The van der Waals surface area contributed by atoms with Crippen LogP contribution >= 0.6 is 27.3 Å². The number of rotatable bonds is 4. The van der Waals surface area contributed by atoms with E-state index in [1.54, 1.807) is 12.3 Å². The van der Waals surface area contributed by atoms with Crippen molar-refractivity contribution in [1.29, 1.82) is 0 Å². The Morgan fingerprint density at radius 1 is 1.47 bits per heavy atom. The lowest BCUT2D eigenvalue weighted by Gasteiger charge is -2.08. The Hall–Kier alpha value is -1.14. The molecule has 0 aliphatic rings. The van der Waals surface area contributed by atoms with Crippen LogP contribution in [0.5, 0.6) is 10.9 Å². The van der Waals surface area contributed by atoms with E-state index in [9.17, 15) is 4.39 Å². The van der Waals surface area contributed by atoms with E-state index in [1.165, 1.54) is 30.6 Å². The van der Waals surface area contributed by atoms with Crippen molar-refractivity contribution in [3.8, 4) is 10.9 Å². The molecule has 0 saturated heterocycles. The van der Waals surface area contributed by atoms with Crippen molar-refractivity contribution in [2.75, 3.05) is 7.11 Å². The van der Waals surface area contributed by atoms with Crippen LogP contribution in [0.1, 0.15) is 5.56 Å². The topological polar surface area (TPSA) is 31.4 Å². The molecule has 0 radical (unpaired) electrons. The van der Waals surface area contributed by atoms with Crippen LogP contribution in [0.2, 0.25) is 0 Å². The van der Waals surface area contributed by atoms with E-state index in [0.29, 0.717) is 16.5 Å². The Bertz CT molecular complexity index is 518. The molecule has 0 N–H and O–H groups in total. The maximum absolute atomic E-state index is 13.1. The average Bonchev–Trinajstić information content (AvgIpc) is 2.73. The summed E-state index contributed by atoms with van der Waals surface area (Å²) >= 11 is 4.66. The molecule has 0 atom stereocenters. The highest BCUT2D eigenvalue weighted by Gasteiger charge is 2.07. The van der Waals surface area contributed by atoms with Crippen molar-refractivity contribution in [3.63, 3.8) is 0 Å². The molecule has 0 aliphatic heterocycles. The fraction of sp³-hybridized carbons (Fsp3) is 0.182. The predicted octanol–water partition coefficient (Wildman–Crippen LogP) is 3.63. The van der Waals surface area contributed by atoms with E-state index < -0.39 is 0 Å². The summed E-state index contributed by atoms with van der Waals surface area (Å²) in [5.41, 5.74) is 0.652. The molecular weight excluding hydrogens is 309 g/mol. The first-order valence-electron chi connectivity index (χ1n) is 4.75. The van der Waals surface area contributed by atoms with Gasteiger partial charge in [0.1, 0.15) is 18.2 Å². The van der Waals surface area contributed by atoms with Crippen LogP contribution in [0.25, 0.3) is 0 Å². The molecule has 2 aromatic rings. The first-order chi connectivity index (χ1) is 8.19. The summed E-state index contributed by atoms with van der Waals surface area (Å²) in [6.07, 6.45) is 1.66. The third-order valence-corrected chi connectivity index (χ3v) is 3.44. The number of aromatic nitrogens is 1. The molecule has 0 saturated carbocycles. The van der Waals surface area contributed by atoms with Gasteiger partial charge in [0, 0.05) is 5.56 Å². The molecule has 1 aromatic carbocycles. The zero-order chi connectivity index (χ0) is 12.3. The van der Waals surface area contributed by atoms with Gasteiger partial charge in [-0.1, -0.05) is 11.3 Å². The van der Waals surface area contributed by atoms with Gasteiger partial charge in [0.2, 0.25) is 0 Å². The van der Waals surface area contributed by atoms with E-state index in [1.807, 2.05) is 0 Å². The van der Waals surface area contributed by atoms with Crippen molar-refractivity contribution in [2.24, 2.45) is 0 Å². The first kappa shape index (κ1) is 12.3. The number of ether oxygens (including phenoxy) is 2. The predicted molar refractivity (Wildman–Crippen MR) is 67.1 cm³/mol. The van der Waals surface area contributed by atoms with Gasteiger partial charge in [0.15, 0.2) is 0 Å². The van der Waals surface area contributed by atoms with Crippen LogP contribution in [-0.4, -0.2) is 12.1 Å². The Balaban J connectivity index is 2.10. The van der Waals surface area contributed by atoms with Crippen molar-refractivity contribution in [1.82, 2.24) is 4.98 Å². The zero-order valence-electron chi connectivity index (χ0n) is 8.94. The highest BCUT2D eigenvalue weighted by molar-refractivity contribution is 9.11. The van der Waals surface area contributed by atoms with Crippen molar-refractivity contribution >= 4 is 27.3 Å². The van der Waals surface area contributed by atoms with Crippen LogP contribution in [-0.2, 0) is 6.61 Å². The van der Waals surface area contributed by atoms with Crippen LogP contribution in [0.3, 0.4) is 0 Å². The summed E-state index contributed by atoms with van der Waals surface area (Å²) in [5.74, 6) is 0.284. The summed E-state index contributed by atoms with van der Waals surface area (Å²) < 4.78 is 24.5. The first-order valence-corrected chi connectivity index (χ1v) is 6.36. The smallest absolute Gasteiger partial charge is 0.274 e. The third-order valence-electron chi connectivity index (χ3n) is 2.05. The minimum atomic E-state index is -0.315. The van der Waals surface area contributed by atoms with Crippen molar-refractivity contribution < 1.29 is 13.9 Å². The quantitative estimate of drug-likeness (QED) is 0.862. The molecule has 0 unspecified atom stereocenters. The molecular formula is C11H9BrFNO2S. The molecule has 17 heavy (non-hydrogen) atoms. The van der Waals surface area contributed by atoms with Crippen LogP contribution in [0.15, 0.2) is 28.2 Å². The fourth-order valence-corrected chi connectivity index (χ4v) is 2.32. The number of hydrogen-bond donors (Lipinski definition) is 0. The van der Waals surface area contributed by atoms with E-state index in [-0.39, 0.29) is 12.4 Å². The molecule has 3 nitrogen and oxygen atoms in total. The largest absolute Gasteiger partial charge is 0.496 e. The number of nitrogens with zero attached hydrogens (tertiary/aromatic N) is 1. The third kappa shape index (κ3) is 3.17. The minimum absolute atomic E-state index is 0.223. The molecule has 1 heterocycles.